The zero-order chi connectivity index (χ0) is 10.7. The van der Waals surface area contributed by atoms with E-state index in [0.717, 1.165) is 18.1 Å². The number of aliphatic imine (C=N–C) groups is 1. The summed E-state index contributed by atoms with van der Waals surface area (Å²) < 4.78 is 5.36. The van der Waals surface area contributed by atoms with Crippen LogP contribution in [0.1, 0.15) is 32.6 Å². The van der Waals surface area contributed by atoms with Crippen molar-refractivity contribution in [1.82, 2.24) is 5.32 Å². The topological polar surface area (TPSA) is 33.6 Å². The maximum Gasteiger partial charge on any atom is 0.157 e. The molecule has 0 amide bonds. The third kappa shape index (κ3) is 2.88. The second-order valence-corrected chi connectivity index (χ2v) is 5.60. The third-order valence-corrected chi connectivity index (χ3v) is 4.50. The summed E-state index contributed by atoms with van der Waals surface area (Å²) in [6.07, 6.45) is 5.20. The molecule has 4 heteroatoms. The first-order valence-electron chi connectivity index (χ1n) is 5.82. The lowest BCUT2D eigenvalue weighted by Crippen LogP contribution is -2.30. The Hall–Kier alpha value is -0.220. The van der Waals surface area contributed by atoms with Crippen molar-refractivity contribution in [2.24, 2.45) is 4.99 Å². The zero-order valence-electron chi connectivity index (χ0n) is 9.53. The standard InChI is InChI=1S/C11H20N2OS/c1-3-10-7-12-11(15-10)13-8-4-5-9(6-8)14-2/h8-10H,3-7H2,1-2H3,(H,12,13). The van der Waals surface area contributed by atoms with Crippen LogP contribution in [0.4, 0.5) is 0 Å². The quantitative estimate of drug-likeness (QED) is 0.802. The Morgan fingerprint density at radius 3 is 3.00 bits per heavy atom. The third-order valence-electron chi connectivity index (χ3n) is 3.22. The lowest BCUT2D eigenvalue weighted by molar-refractivity contribution is 0.107. The first kappa shape index (κ1) is 11.3. The summed E-state index contributed by atoms with van der Waals surface area (Å²) >= 11 is 1.90. The molecular formula is C11H20N2OS. The molecule has 1 aliphatic heterocycles. The monoisotopic (exact) mass is 228 g/mol. The Morgan fingerprint density at radius 2 is 2.40 bits per heavy atom. The highest BCUT2D eigenvalue weighted by molar-refractivity contribution is 8.14. The van der Waals surface area contributed by atoms with Crippen LogP contribution in [0.3, 0.4) is 0 Å². The highest BCUT2D eigenvalue weighted by Crippen LogP contribution is 2.26. The maximum atomic E-state index is 5.36. The van der Waals surface area contributed by atoms with E-state index in [0.29, 0.717) is 17.4 Å². The van der Waals surface area contributed by atoms with Crippen LogP contribution < -0.4 is 5.32 Å². The van der Waals surface area contributed by atoms with Gasteiger partial charge in [-0.25, -0.2) is 0 Å². The Morgan fingerprint density at radius 1 is 1.53 bits per heavy atom. The first-order chi connectivity index (χ1) is 7.31. The summed E-state index contributed by atoms with van der Waals surface area (Å²) in [5.74, 6) is 0. The van der Waals surface area contributed by atoms with Gasteiger partial charge < -0.3 is 10.1 Å². The summed E-state index contributed by atoms with van der Waals surface area (Å²) in [5, 5.41) is 5.40. The molecule has 2 rings (SSSR count). The highest BCUT2D eigenvalue weighted by atomic mass is 32.2. The van der Waals surface area contributed by atoms with Gasteiger partial charge in [-0.2, -0.15) is 0 Å². The minimum absolute atomic E-state index is 0.455. The average molecular weight is 228 g/mol. The molecule has 1 fully saturated rings. The van der Waals surface area contributed by atoms with E-state index in [-0.39, 0.29) is 0 Å². The minimum Gasteiger partial charge on any atom is -0.381 e. The largest absolute Gasteiger partial charge is 0.381 e. The number of thioether (sulfide) groups is 1. The van der Waals surface area contributed by atoms with Crippen LogP contribution in [0, 0.1) is 0 Å². The maximum absolute atomic E-state index is 5.36. The van der Waals surface area contributed by atoms with Gasteiger partial charge in [-0.3, -0.25) is 4.99 Å². The molecule has 15 heavy (non-hydrogen) atoms. The average Bonchev–Trinajstić information content (AvgIpc) is 2.87. The zero-order valence-corrected chi connectivity index (χ0v) is 10.3. The van der Waals surface area contributed by atoms with Gasteiger partial charge in [0.15, 0.2) is 5.17 Å². The fraction of sp³-hybridized carbons (Fsp3) is 0.909. The van der Waals surface area contributed by atoms with Gasteiger partial charge in [0.25, 0.3) is 0 Å². The van der Waals surface area contributed by atoms with Gasteiger partial charge in [0, 0.05) is 18.4 Å². The number of nitrogens with one attached hydrogen (secondary N) is 1. The predicted octanol–water partition coefficient (Wildman–Crippen LogP) is 2.02. The number of nitrogens with zero attached hydrogens (tertiary/aromatic N) is 1. The van der Waals surface area contributed by atoms with Gasteiger partial charge in [0.1, 0.15) is 0 Å². The molecule has 3 nitrogen and oxygen atoms in total. The molecule has 1 N–H and O–H groups in total. The van der Waals surface area contributed by atoms with Crippen LogP contribution in [0.25, 0.3) is 0 Å². The van der Waals surface area contributed by atoms with E-state index in [1.165, 1.54) is 19.3 Å². The number of ether oxygens (including phenoxy) is 1. The summed E-state index contributed by atoms with van der Waals surface area (Å²) in [6, 6.07) is 0.580. The molecule has 1 aliphatic carbocycles. The molecule has 1 heterocycles. The summed E-state index contributed by atoms with van der Waals surface area (Å²) in [4.78, 5) is 4.53. The van der Waals surface area contributed by atoms with Crippen LogP contribution in [-0.4, -0.2) is 36.2 Å². The Balaban J connectivity index is 1.74. The number of methoxy groups -OCH3 is 1. The van der Waals surface area contributed by atoms with Gasteiger partial charge in [-0.1, -0.05) is 18.7 Å². The molecule has 2 aliphatic rings. The van der Waals surface area contributed by atoms with Crippen molar-refractivity contribution in [3.63, 3.8) is 0 Å². The van der Waals surface area contributed by atoms with E-state index < -0.39 is 0 Å². The van der Waals surface area contributed by atoms with E-state index in [2.05, 4.69) is 17.2 Å². The molecule has 0 bridgehead atoms. The fourth-order valence-electron chi connectivity index (χ4n) is 2.17. The van der Waals surface area contributed by atoms with Crippen LogP contribution >= 0.6 is 11.8 Å². The van der Waals surface area contributed by atoms with Gasteiger partial charge >= 0.3 is 0 Å². The van der Waals surface area contributed by atoms with Crippen molar-refractivity contribution in [3.8, 4) is 0 Å². The predicted molar refractivity (Wildman–Crippen MR) is 65.5 cm³/mol. The molecular weight excluding hydrogens is 208 g/mol. The van der Waals surface area contributed by atoms with Crippen LogP contribution in [-0.2, 0) is 4.74 Å². The van der Waals surface area contributed by atoms with Crippen LogP contribution in [0.2, 0.25) is 0 Å². The molecule has 0 aromatic heterocycles. The molecule has 1 saturated carbocycles. The molecule has 0 saturated heterocycles. The van der Waals surface area contributed by atoms with Crippen LogP contribution in [0.5, 0.6) is 0 Å². The van der Waals surface area contributed by atoms with E-state index in [1.807, 2.05) is 18.9 Å². The summed E-state index contributed by atoms with van der Waals surface area (Å²) in [7, 11) is 1.81. The highest BCUT2D eigenvalue weighted by Gasteiger charge is 2.27. The van der Waals surface area contributed by atoms with E-state index in [1.54, 1.807) is 0 Å². The van der Waals surface area contributed by atoms with Gasteiger partial charge in [-0.05, 0) is 25.7 Å². The Kier molecular flexibility index (Phi) is 3.92. The molecule has 0 spiro atoms. The number of hydrogen-bond donors (Lipinski definition) is 1. The van der Waals surface area contributed by atoms with E-state index >= 15 is 0 Å². The first-order valence-corrected chi connectivity index (χ1v) is 6.70. The molecule has 0 radical (unpaired) electrons. The molecule has 0 aromatic carbocycles. The Bertz CT molecular complexity index is 245. The lowest BCUT2D eigenvalue weighted by atomic mass is 10.2. The second kappa shape index (κ2) is 5.21. The summed E-state index contributed by atoms with van der Waals surface area (Å²) in [5.41, 5.74) is 0. The fourth-order valence-corrected chi connectivity index (χ4v) is 3.18. The van der Waals surface area contributed by atoms with Crippen LogP contribution in [0.15, 0.2) is 4.99 Å². The van der Waals surface area contributed by atoms with Gasteiger partial charge in [-0.15, -0.1) is 0 Å². The van der Waals surface area contributed by atoms with Crippen molar-refractivity contribution in [2.75, 3.05) is 13.7 Å². The van der Waals surface area contributed by atoms with E-state index in [4.69, 9.17) is 4.74 Å². The van der Waals surface area contributed by atoms with Crippen molar-refractivity contribution in [3.05, 3.63) is 0 Å². The number of amidine groups is 1. The van der Waals surface area contributed by atoms with Gasteiger partial charge in [0.05, 0.1) is 12.6 Å². The lowest BCUT2D eigenvalue weighted by Gasteiger charge is -2.14. The second-order valence-electron chi connectivity index (χ2n) is 4.31. The van der Waals surface area contributed by atoms with Crippen molar-refractivity contribution in [2.45, 2.75) is 50.0 Å². The van der Waals surface area contributed by atoms with Gasteiger partial charge in [0.2, 0.25) is 0 Å². The number of hydrogen-bond acceptors (Lipinski definition) is 4. The number of rotatable bonds is 3. The molecule has 0 aromatic rings. The SMILES string of the molecule is CCC1CN=C(NC2CCC(OC)C2)S1. The normalized spacial score (nSPS) is 35.6. The minimum atomic E-state index is 0.455. The smallest absolute Gasteiger partial charge is 0.157 e. The Labute approximate surface area is 96.1 Å². The van der Waals surface area contributed by atoms with E-state index in [9.17, 15) is 0 Å². The molecule has 3 atom stereocenters. The van der Waals surface area contributed by atoms with Crippen molar-refractivity contribution in [1.29, 1.82) is 0 Å². The summed E-state index contributed by atoms with van der Waals surface area (Å²) in [6.45, 7) is 3.22. The van der Waals surface area contributed by atoms with Crippen molar-refractivity contribution >= 4 is 16.9 Å². The molecule has 86 valence electrons. The molecule has 3 unspecified atom stereocenters. The van der Waals surface area contributed by atoms with Crippen molar-refractivity contribution < 1.29 is 4.74 Å².